The number of hydrogen-bond acceptors (Lipinski definition) is 4. The minimum Gasteiger partial charge on any atom is -0.396 e. The van der Waals surface area contributed by atoms with Gasteiger partial charge in [-0.1, -0.05) is 6.42 Å². The minimum absolute atomic E-state index is 0.00406. The standard InChI is InChI=1S/C13H19F2N3O2S/c1-8-4-3-5-9(2)18(8)17-21(19,20)13-7-12(16)10(14)6-11(13)15/h6-9,17H,3-5,16H2,1-2H3. The highest BCUT2D eigenvalue weighted by atomic mass is 32.2. The predicted octanol–water partition coefficient (Wildman–Crippen LogP) is 2.00. The molecule has 0 saturated carbocycles. The zero-order chi connectivity index (χ0) is 15.8. The largest absolute Gasteiger partial charge is 0.396 e. The highest BCUT2D eigenvalue weighted by Crippen LogP contribution is 2.24. The van der Waals surface area contributed by atoms with E-state index < -0.39 is 32.2 Å². The first-order valence-electron chi connectivity index (χ1n) is 6.77. The Morgan fingerprint density at radius 2 is 1.76 bits per heavy atom. The summed E-state index contributed by atoms with van der Waals surface area (Å²) in [6.45, 7) is 3.79. The molecule has 2 unspecified atom stereocenters. The number of nitrogens with zero attached hydrogens (tertiary/aromatic N) is 1. The van der Waals surface area contributed by atoms with Gasteiger partial charge in [0.15, 0.2) is 0 Å². The Balaban J connectivity index is 2.32. The summed E-state index contributed by atoms with van der Waals surface area (Å²) in [5, 5.41) is 1.60. The number of hydrogen-bond donors (Lipinski definition) is 2. The van der Waals surface area contributed by atoms with Gasteiger partial charge in [-0.3, -0.25) is 0 Å². The van der Waals surface area contributed by atoms with Crippen LogP contribution >= 0.6 is 0 Å². The van der Waals surface area contributed by atoms with Gasteiger partial charge < -0.3 is 5.73 Å². The van der Waals surface area contributed by atoms with Crippen molar-refractivity contribution in [3.63, 3.8) is 0 Å². The molecule has 21 heavy (non-hydrogen) atoms. The average Bonchev–Trinajstić information content (AvgIpc) is 2.38. The van der Waals surface area contributed by atoms with E-state index in [9.17, 15) is 17.2 Å². The Hall–Kier alpha value is -1.25. The van der Waals surface area contributed by atoms with Crippen molar-refractivity contribution in [2.45, 2.75) is 50.1 Å². The van der Waals surface area contributed by atoms with Crippen LogP contribution in [0.1, 0.15) is 33.1 Å². The van der Waals surface area contributed by atoms with E-state index in [-0.39, 0.29) is 12.1 Å². The van der Waals surface area contributed by atoms with Gasteiger partial charge in [-0.05, 0) is 32.8 Å². The third-order valence-electron chi connectivity index (χ3n) is 3.76. The van der Waals surface area contributed by atoms with Crippen molar-refractivity contribution in [2.75, 3.05) is 5.73 Å². The molecule has 0 amide bonds. The summed E-state index contributed by atoms with van der Waals surface area (Å²) in [6.07, 6.45) is 2.71. The molecule has 1 aromatic rings. The normalized spacial score (nSPS) is 24.2. The van der Waals surface area contributed by atoms with Gasteiger partial charge in [-0.25, -0.2) is 22.2 Å². The van der Waals surface area contributed by atoms with Crippen LogP contribution in [0.4, 0.5) is 14.5 Å². The number of benzene rings is 1. The first kappa shape index (κ1) is 16.1. The molecule has 0 aliphatic carbocycles. The molecule has 2 atom stereocenters. The van der Waals surface area contributed by atoms with Crippen LogP contribution < -0.4 is 10.6 Å². The summed E-state index contributed by atoms with van der Waals surface area (Å²) in [7, 11) is -4.14. The minimum atomic E-state index is -4.14. The van der Waals surface area contributed by atoms with Gasteiger partial charge in [-0.15, -0.1) is 4.83 Å². The van der Waals surface area contributed by atoms with Gasteiger partial charge in [0.05, 0.1) is 5.69 Å². The number of anilines is 1. The quantitative estimate of drug-likeness (QED) is 0.836. The smallest absolute Gasteiger partial charge is 0.256 e. The molecule has 1 saturated heterocycles. The molecule has 8 heteroatoms. The monoisotopic (exact) mass is 319 g/mol. The second-order valence-corrected chi connectivity index (χ2v) is 7.06. The van der Waals surface area contributed by atoms with Gasteiger partial charge in [-0.2, -0.15) is 0 Å². The zero-order valence-electron chi connectivity index (χ0n) is 11.9. The van der Waals surface area contributed by atoms with Gasteiger partial charge >= 0.3 is 0 Å². The molecule has 1 aliphatic rings. The van der Waals surface area contributed by atoms with E-state index in [2.05, 4.69) is 4.83 Å². The van der Waals surface area contributed by atoms with Gasteiger partial charge in [0, 0.05) is 18.2 Å². The summed E-state index contributed by atoms with van der Waals surface area (Å²) >= 11 is 0. The van der Waals surface area contributed by atoms with Gasteiger partial charge in [0.25, 0.3) is 10.0 Å². The van der Waals surface area contributed by atoms with Crippen LogP contribution in [0.3, 0.4) is 0 Å². The second kappa shape index (κ2) is 5.86. The summed E-state index contributed by atoms with van der Waals surface area (Å²) in [4.78, 5) is 1.74. The summed E-state index contributed by atoms with van der Waals surface area (Å²) in [5.74, 6) is -2.14. The lowest BCUT2D eigenvalue weighted by Gasteiger charge is -2.38. The predicted molar refractivity (Wildman–Crippen MR) is 75.7 cm³/mol. The molecule has 118 valence electrons. The van der Waals surface area contributed by atoms with E-state index in [1.165, 1.54) is 0 Å². The van der Waals surface area contributed by atoms with E-state index in [0.717, 1.165) is 25.3 Å². The van der Waals surface area contributed by atoms with Crippen LogP contribution in [-0.2, 0) is 10.0 Å². The number of piperidine rings is 1. The number of nitrogens with one attached hydrogen (secondary N) is 1. The van der Waals surface area contributed by atoms with E-state index in [0.29, 0.717) is 6.07 Å². The molecule has 5 nitrogen and oxygen atoms in total. The van der Waals surface area contributed by atoms with E-state index in [4.69, 9.17) is 5.73 Å². The molecular formula is C13H19F2N3O2S. The Morgan fingerprint density at radius 3 is 2.33 bits per heavy atom. The van der Waals surface area contributed by atoms with Crippen molar-refractivity contribution in [3.05, 3.63) is 23.8 Å². The summed E-state index contributed by atoms with van der Waals surface area (Å²) in [5.41, 5.74) is 4.92. The number of sulfonamides is 1. The van der Waals surface area contributed by atoms with Crippen molar-refractivity contribution >= 4 is 15.7 Å². The first-order chi connectivity index (χ1) is 9.72. The number of hydrazine groups is 1. The third kappa shape index (κ3) is 3.33. The fourth-order valence-electron chi connectivity index (χ4n) is 2.54. The number of halogens is 2. The van der Waals surface area contributed by atoms with Crippen LogP contribution in [0.2, 0.25) is 0 Å². The van der Waals surface area contributed by atoms with Crippen molar-refractivity contribution in [2.24, 2.45) is 0 Å². The summed E-state index contributed by atoms with van der Waals surface area (Å²) < 4.78 is 51.5. The van der Waals surface area contributed by atoms with Crippen molar-refractivity contribution in [3.8, 4) is 0 Å². The molecule has 0 radical (unpaired) electrons. The van der Waals surface area contributed by atoms with E-state index in [1.807, 2.05) is 13.8 Å². The van der Waals surface area contributed by atoms with Gasteiger partial charge in [0.1, 0.15) is 16.5 Å². The highest BCUT2D eigenvalue weighted by molar-refractivity contribution is 7.89. The molecular weight excluding hydrogens is 300 g/mol. The average molecular weight is 319 g/mol. The maximum absolute atomic E-state index is 13.7. The fraction of sp³-hybridized carbons (Fsp3) is 0.538. The molecule has 1 aromatic carbocycles. The van der Waals surface area contributed by atoms with E-state index in [1.54, 1.807) is 5.01 Å². The molecule has 1 aliphatic heterocycles. The Kier molecular flexibility index (Phi) is 4.50. The van der Waals surface area contributed by atoms with Gasteiger partial charge in [0.2, 0.25) is 0 Å². The molecule has 1 fully saturated rings. The third-order valence-corrected chi connectivity index (χ3v) is 5.10. The molecule has 0 spiro atoms. The molecule has 0 bridgehead atoms. The van der Waals surface area contributed by atoms with Crippen LogP contribution in [0.15, 0.2) is 17.0 Å². The Labute approximate surface area is 123 Å². The zero-order valence-corrected chi connectivity index (χ0v) is 12.8. The van der Waals surface area contributed by atoms with Crippen molar-refractivity contribution in [1.29, 1.82) is 0 Å². The van der Waals surface area contributed by atoms with E-state index >= 15 is 0 Å². The molecule has 0 aromatic heterocycles. The lowest BCUT2D eigenvalue weighted by molar-refractivity contribution is 0.0789. The topological polar surface area (TPSA) is 75.4 Å². The fourth-order valence-corrected chi connectivity index (χ4v) is 3.87. The van der Waals surface area contributed by atoms with Crippen LogP contribution in [0.25, 0.3) is 0 Å². The first-order valence-corrected chi connectivity index (χ1v) is 8.26. The van der Waals surface area contributed by atoms with Crippen molar-refractivity contribution in [1.82, 2.24) is 9.84 Å². The summed E-state index contributed by atoms with van der Waals surface area (Å²) in [6, 6.07) is 1.29. The maximum Gasteiger partial charge on any atom is 0.256 e. The molecule has 1 heterocycles. The number of nitrogens with two attached hydrogens (primary N) is 1. The number of rotatable bonds is 3. The highest BCUT2D eigenvalue weighted by Gasteiger charge is 2.30. The molecule has 2 rings (SSSR count). The van der Waals surface area contributed by atoms with Crippen LogP contribution in [-0.4, -0.2) is 25.5 Å². The van der Waals surface area contributed by atoms with Crippen LogP contribution in [0, 0.1) is 11.6 Å². The SMILES string of the molecule is CC1CCCC(C)N1NS(=O)(=O)c1cc(N)c(F)cc1F. The van der Waals surface area contributed by atoms with Crippen LogP contribution in [0.5, 0.6) is 0 Å². The maximum atomic E-state index is 13.7. The Morgan fingerprint density at radius 1 is 1.19 bits per heavy atom. The van der Waals surface area contributed by atoms with Crippen molar-refractivity contribution < 1.29 is 17.2 Å². The molecule has 3 N–H and O–H groups in total. The lowest BCUT2D eigenvalue weighted by atomic mass is 10.0. The number of nitrogen functional groups attached to an aromatic ring is 1. The second-order valence-electron chi connectivity index (χ2n) is 5.44. The lowest BCUT2D eigenvalue weighted by Crippen LogP contribution is -2.54. The Bertz CT molecular complexity index is 627.